The van der Waals surface area contributed by atoms with E-state index in [9.17, 15) is 12.8 Å². The van der Waals surface area contributed by atoms with Crippen LogP contribution in [-0.2, 0) is 10.0 Å². The molecule has 0 aliphatic heterocycles. The third kappa shape index (κ3) is 2.25. The number of sulfonamides is 1. The monoisotopic (exact) mass is 300 g/mol. The highest BCUT2D eigenvalue weighted by molar-refractivity contribution is 7.89. The van der Waals surface area contributed by atoms with Crippen LogP contribution in [0.15, 0.2) is 29.2 Å². The van der Waals surface area contributed by atoms with Crippen molar-refractivity contribution in [1.82, 2.24) is 4.72 Å². The molecule has 6 heteroatoms. The van der Waals surface area contributed by atoms with Gasteiger partial charge in [-0.05, 0) is 29.0 Å². The molecule has 0 spiro atoms. The highest BCUT2D eigenvalue weighted by Gasteiger charge is 2.61. The quantitative estimate of drug-likeness (QED) is 0.895. The van der Waals surface area contributed by atoms with Crippen LogP contribution in [0.5, 0.6) is 0 Å². The second-order valence-corrected chi connectivity index (χ2v) is 8.35. The van der Waals surface area contributed by atoms with Gasteiger partial charge in [0.25, 0.3) is 0 Å². The molecule has 112 valence electrons. The summed E-state index contributed by atoms with van der Waals surface area (Å²) < 4.78 is 40.6. The molecule has 20 heavy (non-hydrogen) atoms. The number of hydrogen-bond acceptors (Lipinski definition) is 3. The molecule has 3 N–H and O–H groups in total. The van der Waals surface area contributed by atoms with E-state index in [4.69, 9.17) is 5.73 Å². The fourth-order valence-electron chi connectivity index (χ4n) is 3.34. The van der Waals surface area contributed by atoms with E-state index in [2.05, 4.69) is 4.72 Å². The largest absolute Gasteiger partial charge is 0.327 e. The summed E-state index contributed by atoms with van der Waals surface area (Å²) in [4.78, 5) is -0.0652. The van der Waals surface area contributed by atoms with Crippen molar-refractivity contribution in [2.45, 2.75) is 44.7 Å². The Labute approximate surface area is 119 Å². The first-order valence-electron chi connectivity index (χ1n) is 6.53. The summed E-state index contributed by atoms with van der Waals surface area (Å²) >= 11 is 0. The van der Waals surface area contributed by atoms with Crippen LogP contribution in [-0.4, -0.2) is 20.5 Å². The van der Waals surface area contributed by atoms with Gasteiger partial charge in [-0.15, -0.1) is 0 Å². The summed E-state index contributed by atoms with van der Waals surface area (Å²) in [5, 5.41) is 0. The number of hydrogen-bond donors (Lipinski definition) is 2. The van der Waals surface area contributed by atoms with Crippen molar-refractivity contribution >= 4 is 10.0 Å². The topological polar surface area (TPSA) is 72.2 Å². The van der Waals surface area contributed by atoms with Crippen molar-refractivity contribution in [1.29, 1.82) is 0 Å². The Hall–Kier alpha value is -0.980. The van der Waals surface area contributed by atoms with Crippen molar-refractivity contribution in [3.63, 3.8) is 0 Å². The lowest BCUT2D eigenvalue weighted by Gasteiger charge is -2.62. The van der Waals surface area contributed by atoms with Gasteiger partial charge in [-0.2, -0.15) is 0 Å². The van der Waals surface area contributed by atoms with Gasteiger partial charge in [0.2, 0.25) is 10.0 Å². The Morgan fingerprint density at radius 3 is 2.25 bits per heavy atom. The van der Waals surface area contributed by atoms with Crippen LogP contribution in [0.4, 0.5) is 4.39 Å². The Kier molecular flexibility index (Phi) is 3.48. The lowest BCUT2D eigenvalue weighted by atomic mass is 9.49. The number of nitrogens with one attached hydrogen (secondary N) is 1. The molecule has 0 heterocycles. The average molecular weight is 300 g/mol. The van der Waals surface area contributed by atoms with E-state index < -0.39 is 15.8 Å². The minimum absolute atomic E-state index is 0.0652. The van der Waals surface area contributed by atoms with Crippen LogP contribution >= 0.6 is 0 Å². The first kappa shape index (κ1) is 15.4. The van der Waals surface area contributed by atoms with Crippen molar-refractivity contribution in [3.05, 3.63) is 30.1 Å². The molecule has 0 amide bonds. The van der Waals surface area contributed by atoms with Gasteiger partial charge in [0.05, 0.1) is 4.90 Å². The van der Waals surface area contributed by atoms with E-state index in [-0.39, 0.29) is 27.8 Å². The van der Waals surface area contributed by atoms with Crippen LogP contribution in [0.3, 0.4) is 0 Å². The normalized spacial score (nSPS) is 27.9. The summed E-state index contributed by atoms with van der Waals surface area (Å²) in [5.74, 6) is -0.572. The first-order valence-corrected chi connectivity index (χ1v) is 8.01. The average Bonchev–Trinajstić information content (AvgIpc) is 2.35. The first-order chi connectivity index (χ1) is 8.99. The highest BCUT2D eigenvalue weighted by atomic mass is 32.2. The maximum Gasteiger partial charge on any atom is 0.240 e. The minimum Gasteiger partial charge on any atom is -0.327 e. The smallest absolute Gasteiger partial charge is 0.240 e. The predicted molar refractivity (Wildman–Crippen MR) is 76.0 cm³/mol. The van der Waals surface area contributed by atoms with Gasteiger partial charge >= 0.3 is 0 Å². The standard InChI is InChI=1S/C14H21FN2O2S/c1-13(2)11(16)14(3,4)12(13)17-20(18,19)10-7-5-6-9(15)8-10/h5-8,11-12,17H,16H2,1-4H3. The Morgan fingerprint density at radius 2 is 1.75 bits per heavy atom. The van der Waals surface area contributed by atoms with E-state index in [1.807, 2.05) is 27.7 Å². The van der Waals surface area contributed by atoms with Gasteiger partial charge < -0.3 is 5.73 Å². The zero-order chi connectivity index (χ0) is 15.3. The molecule has 1 saturated carbocycles. The molecule has 1 aromatic rings. The van der Waals surface area contributed by atoms with Crippen LogP contribution in [0, 0.1) is 16.6 Å². The van der Waals surface area contributed by atoms with Crippen LogP contribution in [0.2, 0.25) is 0 Å². The number of nitrogens with two attached hydrogens (primary N) is 1. The minimum atomic E-state index is -3.75. The molecular formula is C14H21FN2O2S. The third-order valence-electron chi connectivity index (χ3n) is 4.47. The highest BCUT2D eigenvalue weighted by Crippen LogP contribution is 2.52. The van der Waals surface area contributed by atoms with Crippen LogP contribution in [0.1, 0.15) is 27.7 Å². The molecule has 0 radical (unpaired) electrons. The van der Waals surface area contributed by atoms with Gasteiger partial charge in [0.1, 0.15) is 5.82 Å². The predicted octanol–water partition coefficient (Wildman–Crippen LogP) is 1.87. The van der Waals surface area contributed by atoms with Gasteiger partial charge in [0.15, 0.2) is 0 Å². The van der Waals surface area contributed by atoms with E-state index in [1.54, 1.807) is 0 Å². The Bertz CT molecular complexity index is 610. The van der Waals surface area contributed by atoms with Crippen LogP contribution < -0.4 is 10.5 Å². The molecule has 0 aromatic heterocycles. The Balaban J connectivity index is 2.30. The van der Waals surface area contributed by atoms with Gasteiger partial charge in [-0.3, -0.25) is 0 Å². The molecule has 0 unspecified atom stereocenters. The van der Waals surface area contributed by atoms with E-state index in [0.29, 0.717) is 0 Å². The second kappa shape index (κ2) is 4.51. The molecular weight excluding hydrogens is 279 g/mol. The van der Waals surface area contributed by atoms with E-state index in [0.717, 1.165) is 6.07 Å². The number of benzene rings is 1. The van der Waals surface area contributed by atoms with Crippen molar-refractivity contribution in [2.24, 2.45) is 16.6 Å². The zero-order valence-corrected chi connectivity index (χ0v) is 13.0. The lowest BCUT2D eigenvalue weighted by molar-refractivity contribution is -0.0593. The van der Waals surface area contributed by atoms with Gasteiger partial charge in [0, 0.05) is 12.1 Å². The SMILES string of the molecule is CC1(C)C(N)C(C)(C)C1NS(=O)(=O)c1cccc(F)c1. The zero-order valence-electron chi connectivity index (χ0n) is 12.1. The van der Waals surface area contributed by atoms with E-state index >= 15 is 0 Å². The second-order valence-electron chi connectivity index (χ2n) is 6.63. The third-order valence-corrected chi connectivity index (χ3v) is 5.89. The Morgan fingerprint density at radius 1 is 1.20 bits per heavy atom. The molecule has 4 nitrogen and oxygen atoms in total. The van der Waals surface area contributed by atoms with Crippen molar-refractivity contribution in [3.8, 4) is 0 Å². The molecule has 1 aliphatic rings. The summed E-state index contributed by atoms with van der Waals surface area (Å²) in [6, 6.07) is 4.59. The van der Waals surface area contributed by atoms with Crippen molar-refractivity contribution in [2.75, 3.05) is 0 Å². The maximum absolute atomic E-state index is 13.2. The molecule has 0 bridgehead atoms. The molecule has 1 aromatic carbocycles. The van der Waals surface area contributed by atoms with E-state index in [1.165, 1.54) is 18.2 Å². The number of rotatable bonds is 3. The molecule has 2 rings (SSSR count). The maximum atomic E-state index is 13.2. The van der Waals surface area contributed by atoms with Crippen LogP contribution in [0.25, 0.3) is 0 Å². The molecule has 0 atom stereocenters. The summed E-state index contributed by atoms with van der Waals surface area (Å²) in [6.07, 6.45) is 0. The summed E-state index contributed by atoms with van der Waals surface area (Å²) in [5.41, 5.74) is 5.42. The lowest BCUT2D eigenvalue weighted by Crippen LogP contribution is -2.75. The number of halogens is 1. The van der Waals surface area contributed by atoms with Crippen molar-refractivity contribution < 1.29 is 12.8 Å². The van der Waals surface area contributed by atoms with Gasteiger partial charge in [-0.25, -0.2) is 17.5 Å². The fourth-order valence-corrected chi connectivity index (χ4v) is 4.92. The molecule has 1 fully saturated rings. The summed E-state index contributed by atoms with van der Waals surface area (Å²) in [6.45, 7) is 7.73. The molecule has 1 aliphatic carbocycles. The van der Waals surface area contributed by atoms with Gasteiger partial charge in [-0.1, -0.05) is 33.8 Å². The fraction of sp³-hybridized carbons (Fsp3) is 0.571. The summed E-state index contributed by atoms with van der Waals surface area (Å²) in [7, 11) is -3.75. The molecule has 0 saturated heterocycles.